The van der Waals surface area contributed by atoms with E-state index in [0.717, 1.165) is 10.0 Å². The Hall–Kier alpha value is -2.93. The smallest absolute Gasteiger partial charge is 0.253 e. The van der Waals surface area contributed by atoms with Crippen LogP contribution in [0.3, 0.4) is 0 Å². The van der Waals surface area contributed by atoms with Crippen LogP contribution in [-0.2, 0) is 17.9 Å². The number of aromatic nitrogens is 2. The van der Waals surface area contributed by atoms with E-state index in [1.54, 1.807) is 48.7 Å². The van der Waals surface area contributed by atoms with E-state index in [2.05, 4.69) is 26.2 Å². The first-order chi connectivity index (χ1) is 13.5. The summed E-state index contributed by atoms with van der Waals surface area (Å²) in [6, 6.07) is 14.8. The number of carbonyl (C=O) groups excluding carboxylic acids is 2. The van der Waals surface area contributed by atoms with Gasteiger partial charge in [-0.15, -0.1) is 0 Å². The van der Waals surface area contributed by atoms with E-state index in [1.807, 2.05) is 35.0 Å². The van der Waals surface area contributed by atoms with Crippen molar-refractivity contribution in [3.05, 3.63) is 82.9 Å². The minimum Gasteiger partial charge on any atom is -0.337 e. The fourth-order valence-corrected chi connectivity index (χ4v) is 3.19. The van der Waals surface area contributed by atoms with Gasteiger partial charge >= 0.3 is 0 Å². The minimum absolute atomic E-state index is 0.106. The number of amides is 2. The number of hydrogen-bond donors (Lipinski definition) is 1. The maximum absolute atomic E-state index is 12.8. The summed E-state index contributed by atoms with van der Waals surface area (Å²) in [5.74, 6) is -0.217. The molecule has 0 aliphatic carbocycles. The van der Waals surface area contributed by atoms with Crippen LogP contribution in [0.1, 0.15) is 22.3 Å². The summed E-state index contributed by atoms with van der Waals surface area (Å²) in [6.45, 7) is 1.04. The molecule has 2 amide bonds. The van der Waals surface area contributed by atoms with Crippen molar-refractivity contribution in [3.63, 3.8) is 0 Å². The Balaban J connectivity index is 1.60. The first kappa shape index (κ1) is 19.8. The molecule has 0 atom stereocenters. The third kappa shape index (κ3) is 5.29. The molecule has 0 radical (unpaired) electrons. The molecule has 3 aromatic rings. The Kier molecular flexibility index (Phi) is 6.60. The molecule has 0 fully saturated rings. The zero-order valence-electron chi connectivity index (χ0n) is 15.5. The molecule has 1 N–H and O–H groups in total. The van der Waals surface area contributed by atoms with E-state index in [1.165, 1.54) is 0 Å². The largest absolute Gasteiger partial charge is 0.337 e. The van der Waals surface area contributed by atoms with Crippen LogP contribution in [0.25, 0.3) is 0 Å². The Morgan fingerprint density at radius 1 is 1.18 bits per heavy atom. The number of anilines is 1. The van der Waals surface area contributed by atoms with E-state index >= 15 is 0 Å². The van der Waals surface area contributed by atoms with Gasteiger partial charge in [-0.05, 0) is 29.8 Å². The van der Waals surface area contributed by atoms with Gasteiger partial charge in [-0.25, -0.2) is 4.98 Å². The van der Waals surface area contributed by atoms with Crippen LogP contribution in [0, 0.1) is 0 Å². The van der Waals surface area contributed by atoms with Gasteiger partial charge in [-0.2, -0.15) is 0 Å². The van der Waals surface area contributed by atoms with Crippen molar-refractivity contribution in [2.24, 2.45) is 0 Å². The number of halogens is 1. The van der Waals surface area contributed by atoms with Crippen LogP contribution < -0.4 is 5.32 Å². The van der Waals surface area contributed by atoms with Crippen LogP contribution >= 0.6 is 15.9 Å². The molecular formula is C21H21BrN4O2. The van der Waals surface area contributed by atoms with E-state index < -0.39 is 0 Å². The average molecular weight is 441 g/mol. The molecule has 0 saturated carbocycles. The number of imidazole rings is 1. The summed E-state index contributed by atoms with van der Waals surface area (Å²) < 4.78 is 2.81. The lowest BCUT2D eigenvalue weighted by Gasteiger charge is -2.18. The molecule has 0 bridgehead atoms. The normalized spacial score (nSPS) is 10.5. The predicted octanol–water partition coefficient (Wildman–Crippen LogP) is 3.95. The summed E-state index contributed by atoms with van der Waals surface area (Å²) in [6.07, 6.45) is 5.49. The van der Waals surface area contributed by atoms with Crippen LogP contribution in [0.5, 0.6) is 0 Å². The molecule has 7 heteroatoms. The van der Waals surface area contributed by atoms with Gasteiger partial charge in [-0.3, -0.25) is 9.59 Å². The second-order valence-corrected chi connectivity index (χ2v) is 7.29. The van der Waals surface area contributed by atoms with Crippen LogP contribution in [0.15, 0.2) is 71.7 Å². The van der Waals surface area contributed by atoms with Gasteiger partial charge < -0.3 is 14.8 Å². The van der Waals surface area contributed by atoms with Crippen LogP contribution in [-0.4, -0.2) is 33.3 Å². The molecular weight excluding hydrogens is 420 g/mol. The lowest BCUT2D eigenvalue weighted by molar-refractivity contribution is -0.116. The second kappa shape index (κ2) is 9.32. The van der Waals surface area contributed by atoms with Crippen LogP contribution in [0.4, 0.5) is 5.69 Å². The molecule has 2 aromatic carbocycles. The highest BCUT2D eigenvalue weighted by atomic mass is 79.9. The fraction of sp³-hybridized carbons (Fsp3) is 0.190. The third-order valence-electron chi connectivity index (χ3n) is 4.26. The third-order valence-corrected chi connectivity index (χ3v) is 5.04. The maximum atomic E-state index is 12.8. The zero-order chi connectivity index (χ0) is 19.9. The molecule has 0 aliphatic heterocycles. The van der Waals surface area contributed by atoms with Gasteiger partial charge in [-0.1, -0.05) is 40.2 Å². The van der Waals surface area contributed by atoms with Crippen molar-refractivity contribution < 1.29 is 9.59 Å². The first-order valence-electron chi connectivity index (χ1n) is 8.87. The summed E-state index contributed by atoms with van der Waals surface area (Å²) in [5, 5.41) is 2.85. The van der Waals surface area contributed by atoms with Crippen molar-refractivity contribution in [2.45, 2.75) is 19.5 Å². The molecule has 0 aliphatic rings. The molecule has 28 heavy (non-hydrogen) atoms. The highest BCUT2D eigenvalue weighted by Crippen LogP contribution is 2.19. The first-order valence-corrected chi connectivity index (χ1v) is 9.67. The highest BCUT2D eigenvalue weighted by molar-refractivity contribution is 9.10. The van der Waals surface area contributed by atoms with Gasteiger partial charge in [0, 0.05) is 54.7 Å². The standard InChI is InChI=1S/C21H21BrN4O2/c1-25(14-17-5-2-3-8-19(17)22)21(28)16-6-4-7-18(13-16)24-20(27)9-11-26-12-10-23-15-26/h2-8,10,12-13,15H,9,11,14H2,1H3,(H,24,27). The van der Waals surface area contributed by atoms with Gasteiger partial charge in [0.15, 0.2) is 0 Å². The van der Waals surface area contributed by atoms with E-state index in [9.17, 15) is 9.59 Å². The van der Waals surface area contributed by atoms with Crippen LogP contribution in [0.2, 0.25) is 0 Å². The van der Waals surface area contributed by atoms with E-state index in [4.69, 9.17) is 0 Å². The van der Waals surface area contributed by atoms with Gasteiger partial charge in [0.05, 0.1) is 6.33 Å². The van der Waals surface area contributed by atoms with Gasteiger partial charge in [0.2, 0.25) is 5.91 Å². The molecule has 3 rings (SSSR count). The van der Waals surface area contributed by atoms with Gasteiger partial charge in [0.25, 0.3) is 5.91 Å². The van der Waals surface area contributed by atoms with Crippen molar-refractivity contribution in [1.29, 1.82) is 0 Å². The number of rotatable bonds is 7. The summed E-state index contributed by atoms with van der Waals surface area (Å²) in [4.78, 5) is 30.5. The number of nitrogens with one attached hydrogen (secondary N) is 1. The zero-order valence-corrected chi connectivity index (χ0v) is 17.1. The Bertz CT molecular complexity index is 957. The Morgan fingerprint density at radius 3 is 2.75 bits per heavy atom. The number of carbonyl (C=O) groups is 2. The summed E-state index contributed by atoms with van der Waals surface area (Å²) >= 11 is 3.51. The number of hydrogen-bond acceptors (Lipinski definition) is 3. The predicted molar refractivity (Wildman–Crippen MR) is 112 cm³/mol. The van der Waals surface area contributed by atoms with Crippen molar-refractivity contribution in [2.75, 3.05) is 12.4 Å². The van der Waals surface area contributed by atoms with Crippen molar-refractivity contribution >= 4 is 33.4 Å². The Morgan fingerprint density at radius 2 is 2.00 bits per heavy atom. The van der Waals surface area contributed by atoms with E-state index in [0.29, 0.717) is 30.8 Å². The fourth-order valence-electron chi connectivity index (χ4n) is 2.78. The number of benzene rings is 2. The quantitative estimate of drug-likeness (QED) is 0.604. The molecule has 1 aromatic heterocycles. The Labute approximate surface area is 172 Å². The SMILES string of the molecule is CN(Cc1ccccc1Br)C(=O)c1cccc(NC(=O)CCn2ccnc2)c1. The number of aryl methyl sites for hydroxylation is 1. The van der Waals surface area contributed by atoms with E-state index in [-0.39, 0.29) is 11.8 Å². The summed E-state index contributed by atoms with van der Waals surface area (Å²) in [5.41, 5.74) is 2.17. The minimum atomic E-state index is -0.111. The summed E-state index contributed by atoms with van der Waals surface area (Å²) in [7, 11) is 1.76. The molecule has 1 heterocycles. The van der Waals surface area contributed by atoms with Gasteiger partial charge in [0.1, 0.15) is 0 Å². The van der Waals surface area contributed by atoms with Crippen molar-refractivity contribution in [3.8, 4) is 0 Å². The monoisotopic (exact) mass is 440 g/mol. The second-order valence-electron chi connectivity index (χ2n) is 6.43. The highest BCUT2D eigenvalue weighted by Gasteiger charge is 2.14. The molecule has 144 valence electrons. The lowest BCUT2D eigenvalue weighted by atomic mass is 10.1. The molecule has 0 spiro atoms. The molecule has 0 unspecified atom stereocenters. The average Bonchev–Trinajstić information content (AvgIpc) is 3.21. The molecule has 0 saturated heterocycles. The molecule has 6 nitrogen and oxygen atoms in total. The topological polar surface area (TPSA) is 67.2 Å². The number of nitrogens with zero attached hydrogens (tertiary/aromatic N) is 3. The maximum Gasteiger partial charge on any atom is 0.253 e. The lowest BCUT2D eigenvalue weighted by Crippen LogP contribution is -2.26. The van der Waals surface area contributed by atoms with Crippen molar-refractivity contribution in [1.82, 2.24) is 14.5 Å².